The Morgan fingerprint density at radius 2 is 1.78 bits per heavy atom. The SMILES string of the molecule is COC(=O)/C=C1/c2ccccc2N(C(=O)c2ccc(OCC(=O)N(C)C)cc2C(F)(F)F)CCC1(F)F. The number of likely N-dealkylation sites (N-methyl/N-ethyl adjacent to an activating group) is 1. The van der Waals surface area contributed by atoms with Crippen LogP contribution in [0.15, 0.2) is 48.5 Å². The van der Waals surface area contributed by atoms with Crippen LogP contribution in [-0.4, -0.2) is 63.0 Å². The number of hydrogen-bond acceptors (Lipinski definition) is 5. The Balaban J connectivity index is 2.07. The van der Waals surface area contributed by atoms with E-state index in [2.05, 4.69) is 4.74 Å². The first-order valence-electron chi connectivity index (χ1n) is 10.9. The van der Waals surface area contributed by atoms with Crippen molar-refractivity contribution < 1.29 is 45.8 Å². The molecule has 2 aromatic rings. The molecule has 0 radical (unpaired) electrons. The van der Waals surface area contributed by atoms with Gasteiger partial charge < -0.3 is 19.3 Å². The number of carbonyl (C=O) groups excluding carboxylic acids is 3. The van der Waals surface area contributed by atoms with Gasteiger partial charge in [0.1, 0.15) is 5.75 Å². The molecule has 0 unspecified atom stereocenters. The van der Waals surface area contributed by atoms with Crippen molar-refractivity contribution in [3.05, 3.63) is 65.2 Å². The third-order valence-electron chi connectivity index (χ3n) is 5.62. The summed E-state index contributed by atoms with van der Waals surface area (Å²) in [6.07, 6.45) is -5.35. The van der Waals surface area contributed by atoms with Gasteiger partial charge in [-0.1, -0.05) is 18.2 Å². The molecule has 0 saturated heterocycles. The van der Waals surface area contributed by atoms with Gasteiger partial charge in [-0.25, -0.2) is 13.6 Å². The molecule has 7 nitrogen and oxygen atoms in total. The largest absolute Gasteiger partial charge is 0.484 e. The summed E-state index contributed by atoms with van der Waals surface area (Å²) in [5.41, 5.74) is -3.15. The molecule has 0 N–H and O–H groups in total. The van der Waals surface area contributed by atoms with Crippen LogP contribution < -0.4 is 9.64 Å². The highest BCUT2D eigenvalue weighted by Gasteiger charge is 2.43. The number of allylic oxidation sites excluding steroid dienone is 1. The molecule has 198 valence electrons. The lowest BCUT2D eigenvalue weighted by atomic mass is 9.97. The molecule has 1 aliphatic heterocycles. The van der Waals surface area contributed by atoms with E-state index in [1.54, 1.807) is 0 Å². The van der Waals surface area contributed by atoms with E-state index in [4.69, 9.17) is 4.74 Å². The molecule has 1 heterocycles. The van der Waals surface area contributed by atoms with Crippen molar-refractivity contribution in [3.63, 3.8) is 0 Å². The van der Waals surface area contributed by atoms with Gasteiger partial charge in [0.05, 0.1) is 23.9 Å². The number of anilines is 1. The van der Waals surface area contributed by atoms with Crippen molar-refractivity contribution in [2.24, 2.45) is 0 Å². The van der Waals surface area contributed by atoms with E-state index in [9.17, 15) is 27.6 Å². The van der Waals surface area contributed by atoms with Gasteiger partial charge in [-0.3, -0.25) is 9.59 Å². The van der Waals surface area contributed by atoms with E-state index < -0.39 is 66.2 Å². The lowest BCUT2D eigenvalue weighted by Gasteiger charge is -2.24. The van der Waals surface area contributed by atoms with Crippen LogP contribution in [0, 0.1) is 0 Å². The van der Waals surface area contributed by atoms with Crippen molar-refractivity contribution in [2.75, 3.05) is 39.3 Å². The molecule has 1 aliphatic rings. The van der Waals surface area contributed by atoms with Gasteiger partial charge in [0, 0.05) is 44.3 Å². The number of nitrogens with zero attached hydrogens (tertiary/aromatic N) is 2. The number of methoxy groups -OCH3 is 1. The van der Waals surface area contributed by atoms with Crippen molar-refractivity contribution in [1.82, 2.24) is 4.90 Å². The quantitative estimate of drug-likeness (QED) is 0.328. The number of fused-ring (bicyclic) bond motifs is 1. The smallest absolute Gasteiger partial charge is 0.417 e. The van der Waals surface area contributed by atoms with Gasteiger partial charge in [-0.2, -0.15) is 13.2 Å². The number of hydrogen-bond donors (Lipinski definition) is 0. The van der Waals surface area contributed by atoms with E-state index in [1.165, 1.54) is 43.3 Å². The molecule has 37 heavy (non-hydrogen) atoms. The number of para-hydroxylation sites is 1. The van der Waals surface area contributed by atoms with E-state index >= 15 is 8.78 Å². The zero-order valence-corrected chi connectivity index (χ0v) is 20.1. The maximum Gasteiger partial charge on any atom is 0.417 e. The summed E-state index contributed by atoms with van der Waals surface area (Å²) >= 11 is 0. The maximum atomic E-state index is 15.0. The van der Waals surface area contributed by atoms with E-state index in [1.807, 2.05) is 0 Å². The van der Waals surface area contributed by atoms with Crippen LogP contribution in [0.5, 0.6) is 5.75 Å². The summed E-state index contributed by atoms with van der Waals surface area (Å²) in [6, 6.07) is 7.92. The van der Waals surface area contributed by atoms with Crippen LogP contribution in [0.3, 0.4) is 0 Å². The first-order valence-corrected chi connectivity index (χ1v) is 10.9. The lowest BCUT2D eigenvalue weighted by Crippen LogP contribution is -2.34. The molecule has 0 spiro atoms. The van der Waals surface area contributed by atoms with Gasteiger partial charge in [-0.15, -0.1) is 0 Å². The Kier molecular flexibility index (Phi) is 7.89. The highest BCUT2D eigenvalue weighted by atomic mass is 19.4. The first-order chi connectivity index (χ1) is 17.3. The third-order valence-corrected chi connectivity index (χ3v) is 5.62. The summed E-state index contributed by atoms with van der Waals surface area (Å²) in [4.78, 5) is 38.9. The second kappa shape index (κ2) is 10.6. The van der Waals surface area contributed by atoms with Gasteiger partial charge in [0.2, 0.25) is 0 Å². The van der Waals surface area contributed by atoms with Gasteiger partial charge in [0.15, 0.2) is 6.61 Å². The van der Waals surface area contributed by atoms with Crippen molar-refractivity contribution in [1.29, 1.82) is 0 Å². The highest BCUT2D eigenvalue weighted by molar-refractivity contribution is 6.09. The Bertz CT molecular complexity index is 1240. The maximum absolute atomic E-state index is 15.0. The zero-order valence-electron chi connectivity index (χ0n) is 20.1. The van der Waals surface area contributed by atoms with Crippen LogP contribution in [0.1, 0.15) is 27.9 Å². The molecule has 2 aromatic carbocycles. The predicted octanol–water partition coefficient (Wildman–Crippen LogP) is 4.41. The number of carbonyl (C=O) groups is 3. The summed E-state index contributed by atoms with van der Waals surface area (Å²) in [6.45, 7) is -1.16. The van der Waals surface area contributed by atoms with E-state index in [-0.39, 0.29) is 17.0 Å². The number of rotatable bonds is 5. The minimum Gasteiger partial charge on any atom is -0.484 e. The molecule has 0 aromatic heterocycles. The molecule has 0 aliphatic carbocycles. The van der Waals surface area contributed by atoms with Crippen LogP contribution in [0.25, 0.3) is 5.57 Å². The fraction of sp³-hybridized carbons (Fsp3) is 0.320. The van der Waals surface area contributed by atoms with Crippen LogP contribution in [-0.2, 0) is 20.5 Å². The standard InChI is InChI=1S/C25H23F5N2O5/c1-31(2)21(33)14-37-15-8-9-17(19(12-15)25(28,29)30)23(35)32-11-10-24(26,27)18(13-22(34)36-3)16-6-4-5-7-20(16)32/h4-9,12-13H,10-11,14H2,1-3H3/b18-13-. The van der Waals surface area contributed by atoms with Gasteiger partial charge in [0.25, 0.3) is 17.7 Å². The fourth-order valence-corrected chi connectivity index (χ4v) is 3.67. The molecule has 0 fully saturated rings. The lowest BCUT2D eigenvalue weighted by molar-refractivity contribution is -0.138. The second-order valence-electron chi connectivity index (χ2n) is 8.29. The number of benzene rings is 2. The van der Waals surface area contributed by atoms with Crippen molar-refractivity contribution in [2.45, 2.75) is 18.5 Å². The summed E-state index contributed by atoms with van der Waals surface area (Å²) in [7, 11) is 3.91. The number of alkyl halides is 5. The number of esters is 1. The van der Waals surface area contributed by atoms with Gasteiger partial charge >= 0.3 is 12.1 Å². The molecule has 12 heteroatoms. The van der Waals surface area contributed by atoms with Crippen LogP contribution in [0.4, 0.5) is 27.6 Å². The number of ether oxygens (including phenoxy) is 2. The topological polar surface area (TPSA) is 76.1 Å². The minimum atomic E-state index is -5.00. The second-order valence-corrected chi connectivity index (χ2v) is 8.29. The minimum absolute atomic E-state index is 0.0927. The molecule has 3 rings (SSSR count). The van der Waals surface area contributed by atoms with Crippen molar-refractivity contribution in [3.8, 4) is 5.75 Å². The average Bonchev–Trinajstić information content (AvgIpc) is 2.95. The Hall–Kier alpha value is -3.96. The van der Waals surface area contributed by atoms with E-state index in [0.717, 1.165) is 24.1 Å². The summed E-state index contributed by atoms with van der Waals surface area (Å²) < 4.78 is 81.5. The average molecular weight is 526 g/mol. The van der Waals surface area contributed by atoms with Gasteiger partial charge in [-0.05, 0) is 24.3 Å². The fourth-order valence-electron chi connectivity index (χ4n) is 3.67. The Labute approximate surface area is 209 Å². The number of amides is 2. The van der Waals surface area contributed by atoms with Crippen LogP contribution >= 0.6 is 0 Å². The monoisotopic (exact) mass is 526 g/mol. The Morgan fingerprint density at radius 1 is 1.11 bits per heavy atom. The van der Waals surface area contributed by atoms with Crippen molar-refractivity contribution >= 4 is 29.0 Å². The molecule has 0 bridgehead atoms. The summed E-state index contributed by atoms with van der Waals surface area (Å²) in [5, 5.41) is 0. The molecule has 0 saturated carbocycles. The Morgan fingerprint density at radius 3 is 2.41 bits per heavy atom. The number of halogens is 5. The molecule has 2 amide bonds. The zero-order chi connectivity index (χ0) is 27.5. The first kappa shape index (κ1) is 27.6. The molecule has 0 atom stereocenters. The third kappa shape index (κ3) is 6.07. The normalized spacial score (nSPS) is 16.0. The summed E-state index contributed by atoms with van der Waals surface area (Å²) in [5.74, 6) is -6.60. The predicted molar refractivity (Wildman–Crippen MR) is 123 cm³/mol. The van der Waals surface area contributed by atoms with Crippen LogP contribution in [0.2, 0.25) is 0 Å². The molecular formula is C25H23F5N2O5. The van der Waals surface area contributed by atoms with E-state index in [0.29, 0.717) is 12.1 Å². The molecular weight excluding hydrogens is 503 g/mol. The highest BCUT2D eigenvalue weighted by Crippen LogP contribution is 2.44.